The summed E-state index contributed by atoms with van der Waals surface area (Å²) in [6.45, 7) is 3.47. The summed E-state index contributed by atoms with van der Waals surface area (Å²) in [7, 11) is 0. The standard InChI is InChI=1S/C16H11NO3/c1-2-20-12-9-7-11(8-10-12)17-15(18)13-5-3-4-6-14(13)16(17)19/h2-10H,1H2. The van der Waals surface area contributed by atoms with Crippen LogP contribution in [0, 0.1) is 0 Å². The summed E-state index contributed by atoms with van der Waals surface area (Å²) < 4.78 is 5.11. The number of fused-ring (bicyclic) bond motifs is 1. The van der Waals surface area contributed by atoms with Crippen molar-refractivity contribution in [1.82, 2.24) is 0 Å². The lowest BCUT2D eigenvalue weighted by Crippen LogP contribution is -2.29. The fourth-order valence-corrected chi connectivity index (χ4v) is 2.19. The highest BCUT2D eigenvalue weighted by atomic mass is 16.5. The molecule has 0 aromatic heterocycles. The molecule has 0 saturated heterocycles. The first-order valence-corrected chi connectivity index (χ1v) is 6.08. The zero-order chi connectivity index (χ0) is 14.1. The van der Waals surface area contributed by atoms with Crippen molar-refractivity contribution in [2.24, 2.45) is 0 Å². The lowest BCUT2D eigenvalue weighted by Gasteiger charge is -2.14. The van der Waals surface area contributed by atoms with Crippen molar-refractivity contribution < 1.29 is 14.3 Å². The van der Waals surface area contributed by atoms with Gasteiger partial charge in [0.15, 0.2) is 0 Å². The molecular weight excluding hydrogens is 254 g/mol. The number of ether oxygens (including phenoxy) is 1. The number of nitrogens with zero attached hydrogens (tertiary/aromatic N) is 1. The highest BCUT2D eigenvalue weighted by Crippen LogP contribution is 2.29. The summed E-state index contributed by atoms with van der Waals surface area (Å²) in [5.41, 5.74) is 1.39. The van der Waals surface area contributed by atoms with Crippen molar-refractivity contribution in [3.05, 3.63) is 72.5 Å². The molecule has 0 saturated carbocycles. The van der Waals surface area contributed by atoms with E-state index in [1.807, 2.05) is 0 Å². The van der Waals surface area contributed by atoms with Crippen molar-refractivity contribution in [2.45, 2.75) is 0 Å². The van der Waals surface area contributed by atoms with Crippen molar-refractivity contribution in [3.8, 4) is 5.75 Å². The van der Waals surface area contributed by atoms with E-state index in [0.717, 1.165) is 0 Å². The molecule has 0 aliphatic carbocycles. The average Bonchev–Trinajstić information content (AvgIpc) is 2.73. The number of carbonyl (C=O) groups is 2. The van der Waals surface area contributed by atoms with Crippen molar-refractivity contribution in [3.63, 3.8) is 0 Å². The van der Waals surface area contributed by atoms with Gasteiger partial charge in [-0.1, -0.05) is 18.7 Å². The quantitative estimate of drug-likeness (QED) is 0.633. The summed E-state index contributed by atoms with van der Waals surface area (Å²) >= 11 is 0. The van der Waals surface area contributed by atoms with Gasteiger partial charge in [-0.2, -0.15) is 0 Å². The third kappa shape index (κ3) is 1.78. The lowest BCUT2D eigenvalue weighted by atomic mass is 10.1. The smallest absolute Gasteiger partial charge is 0.266 e. The van der Waals surface area contributed by atoms with Crippen LogP contribution in [0.25, 0.3) is 0 Å². The van der Waals surface area contributed by atoms with E-state index in [9.17, 15) is 9.59 Å². The predicted octanol–water partition coefficient (Wildman–Crippen LogP) is 3.01. The van der Waals surface area contributed by atoms with Crippen LogP contribution in [0.1, 0.15) is 20.7 Å². The minimum absolute atomic E-state index is 0.303. The third-order valence-corrected chi connectivity index (χ3v) is 3.11. The second-order valence-corrected chi connectivity index (χ2v) is 4.27. The van der Waals surface area contributed by atoms with Crippen LogP contribution in [0.5, 0.6) is 5.75 Å². The molecule has 0 radical (unpaired) electrons. The second-order valence-electron chi connectivity index (χ2n) is 4.27. The summed E-state index contributed by atoms with van der Waals surface area (Å²) in [4.78, 5) is 25.7. The van der Waals surface area contributed by atoms with Crippen LogP contribution < -0.4 is 9.64 Å². The molecule has 20 heavy (non-hydrogen) atoms. The molecule has 0 unspecified atom stereocenters. The van der Waals surface area contributed by atoms with E-state index in [1.165, 1.54) is 11.2 Å². The number of rotatable bonds is 3. The lowest BCUT2D eigenvalue weighted by molar-refractivity contribution is 0.0926. The topological polar surface area (TPSA) is 46.6 Å². The zero-order valence-electron chi connectivity index (χ0n) is 10.6. The molecule has 2 aromatic carbocycles. The summed E-state index contributed by atoms with van der Waals surface area (Å²) in [6, 6.07) is 13.5. The Hall–Kier alpha value is -2.88. The molecule has 0 atom stereocenters. The first-order valence-electron chi connectivity index (χ1n) is 6.08. The van der Waals surface area contributed by atoms with Gasteiger partial charge in [-0.15, -0.1) is 0 Å². The molecule has 4 heteroatoms. The van der Waals surface area contributed by atoms with Gasteiger partial charge in [0.1, 0.15) is 5.75 Å². The molecule has 1 aliphatic heterocycles. The van der Waals surface area contributed by atoms with Gasteiger partial charge in [0.2, 0.25) is 0 Å². The maximum atomic E-state index is 12.3. The van der Waals surface area contributed by atoms with E-state index >= 15 is 0 Å². The van der Waals surface area contributed by atoms with Crippen LogP contribution in [0.4, 0.5) is 5.69 Å². The Morgan fingerprint density at radius 3 is 1.95 bits per heavy atom. The van der Waals surface area contributed by atoms with Gasteiger partial charge in [0.25, 0.3) is 11.8 Å². The molecular formula is C16H11NO3. The second kappa shape index (κ2) is 4.66. The summed E-state index contributed by atoms with van der Waals surface area (Å²) in [6.07, 6.45) is 1.32. The molecule has 1 aliphatic rings. The van der Waals surface area contributed by atoms with Crippen LogP contribution in [-0.4, -0.2) is 11.8 Å². The fourth-order valence-electron chi connectivity index (χ4n) is 2.19. The van der Waals surface area contributed by atoms with Crippen molar-refractivity contribution in [2.75, 3.05) is 4.90 Å². The molecule has 3 rings (SSSR count). The fraction of sp³-hybridized carbons (Fsp3) is 0. The Morgan fingerprint density at radius 1 is 0.900 bits per heavy atom. The largest absolute Gasteiger partial charge is 0.466 e. The van der Waals surface area contributed by atoms with Crippen molar-refractivity contribution >= 4 is 17.5 Å². The Kier molecular flexibility index (Phi) is 2.84. The number of hydrogen-bond acceptors (Lipinski definition) is 3. The monoisotopic (exact) mass is 265 g/mol. The SMILES string of the molecule is C=COc1ccc(N2C(=O)c3ccccc3C2=O)cc1. The average molecular weight is 265 g/mol. The highest BCUT2D eigenvalue weighted by molar-refractivity contribution is 6.34. The van der Waals surface area contributed by atoms with Crippen LogP contribution in [0.2, 0.25) is 0 Å². The normalized spacial score (nSPS) is 13.3. The van der Waals surface area contributed by atoms with Crippen LogP contribution >= 0.6 is 0 Å². The first-order chi connectivity index (χ1) is 9.72. The Labute approximate surface area is 115 Å². The number of carbonyl (C=O) groups excluding carboxylic acids is 2. The Balaban J connectivity index is 1.98. The number of anilines is 1. The van der Waals surface area contributed by atoms with E-state index < -0.39 is 0 Å². The van der Waals surface area contributed by atoms with Gasteiger partial charge in [-0.05, 0) is 36.4 Å². The van der Waals surface area contributed by atoms with E-state index in [-0.39, 0.29) is 11.8 Å². The van der Waals surface area contributed by atoms with Crippen LogP contribution in [0.3, 0.4) is 0 Å². The molecule has 4 nitrogen and oxygen atoms in total. The maximum absolute atomic E-state index is 12.3. The maximum Gasteiger partial charge on any atom is 0.266 e. The van der Waals surface area contributed by atoms with E-state index in [1.54, 1.807) is 48.5 Å². The zero-order valence-corrected chi connectivity index (χ0v) is 10.6. The van der Waals surface area contributed by atoms with E-state index in [2.05, 4.69) is 6.58 Å². The minimum Gasteiger partial charge on any atom is -0.466 e. The number of amides is 2. The molecule has 0 N–H and O–H groups in total. The van der Waals surface area contributed by atoms with Gasteiger partial charge in [0, 0.05) is 0 Å². The molecule has 1 heterocycles. The molecule has 0 spiro atoms. The number of imide groups is 1. The molecule has 0 fully saturated rings. The number of hydrogen-bond donors (Lipinski definition) is 0. The number of benzene rings is 2. The highest BCUT2D eigenvalue weighted by Gasteiger charge is 2.36. The van der Waals surface area contributed by atoms with Crippen LogP contribution in [-0.2, 0) is 0 Å². The predicted molar refractivity (Wildman–Crippen MR) is 74.8 cm³/mol. The van der Waals surface area contributed by atoms with E-state index in [0.29, 0.717) is 22.6 Å². The van der Waals surface area contributed by atoms with Crippen molar-refractivity contribution in [1.29, 1.82) is 0 Å². The molecule has 98 valence electrons. The minimum atomic E-state index is -0.303. The summed E-state index contributed by atoms with van der Waals surface area (Å²) in [5, 5.41) is 0. The van der Waals surface area contributed by atoms with E-state index in [4.69, 9.17) is 4.74 Å². The first kappa shape index (κ1) is 12.2. The van der Waals surface area contributed by atoms with Gasteiger partial charge in [0.05, 0.1) is 23.1 Å². The van der Waals surface area contributed by atoms with Gasteiger partial charge >= 0.3 is 0 Å². The Morgan fingerprint density at radius 2 is 1.45 bits per heavy atom. The molecule has 2 aromatic rings. The van der Waals surface area contributed by atoms with Gasteiger partial charge in [-0.25, -0.2) is 4.90 Å². The summed E-state index contributed by atoms with van der Waals surface area (Å²) in [5.74, 6) is -0.00802. The third-order valence-electron chi connectivity index (χ3n) is 3.11. The Bertz CT molecular complexity index is 669. The molecule has 2 amide bonds. The van der Waals surface area contributed by atoms with Crippen LogP contribution in [0.15, 0.2) is 61.4 Å². The molecule has 0 bridgehead atoms. The van der Waals surface area contributed by atoms with Gasteiger partial charge in [-0.3, -0.25) is 9.59 Å². The van der Waals surface area contributed by atoms with Gasteiger partial charge < -0.3 is 4.74 Å².